The van der Waals surface area contributed by atoms with Gasteiger partial charge in [-0.2, -0.15) is 0 Å². The number of benzene rings is 4. The minimum Gasteiger partial charge on any atom is -0.0681 e. The molecule has 1 spiro atoms. The topological polar surface area (TPSA) is 0 Å². The quantitative estimate of drug-likeness (QED) is 0.208. The molecule has 0 N–H and O–H groups in total. The maximum Gasteiger partial charge on any atom is 0.0473 e. The van der Waals surface area contributed by atoms with Crippen LogP contribution < -0.4 is 0 Å². The molecule has 0 heterocycles. The van der Waals surface area contributed by atoms with Crippen molar-refractivity contribution < 1.29 is 0 Å². The van der Waals surface area contributed by atoms with Crippen LogP contribution in [0.2, 0.25) is 0 Å². The molecule has 226 valence electrons. The first-order chi connectivity index (χ1) is 21.6. The largest absolute Gasteiger partial charge is 0.0681 e. The van der Waals surface area contributed by atoms with Crippen LogP contribution in [0.3, 0.4) is 0 Å². The van der Waals surface area contributed by atoms with E-state index in [9.17, 15) is 0 Å². The van der Waals surface area contributed by atoms with Crippen LogP contribution in [0, 0.1) is 32.6 Å². The first kappa shape index (κ1) is 27.7. The highest BCUT2D eigenvalue weighted by molar-refractivity contribution is 6.11. The molecule has 1 saturated carbocycles. The van der Waals surface area contributed by atoms with Gasteiger partial charge in [-0.1, -0.05) is 117 Å². The van der Waals surface area contributed by atoms with Crippen molar-refractivity contribution in [3.05, 3.63) is 128 Å². The van der Waals surface area contributed by atoms with Gasteiger partial charge in [0.2, 0.25) is 0 Å². The van der Waals surface area contributed by atoms with Crippen molar-refractivity contribution >= 4 is 21.9 Å². The highest BCUT2D eigenvalue weighted by atomic mass is 14.6. The third-order valence-corrected chi connectivity index (χ3v) is 12.7. The van der Waals surface area contributed by atoms with E-state index in [-0.39, 0.29) is 10.8 Å². The third kappa shape index (κ3) is 3.44. The van der Waals surface area contributed by atoms with E-state index in [1.807, 2.05) is 0 Å². The van der Waals surface area contributed by atoms with Gasteiger partial charge < -0.3 is 0 Å². The predicted octanol–water partition coefficient (Wildman–Crippen LogP) is 11.9. The van der Waals surface area contributed by atoms with Crippen LogP contribution in [0.4, 0.5) is 0 Å². The van der Waals surface area contributed by atoms with Gasteiger partial charge in [0.1, 0.15) is 0 Å². The predicted molar refractivity (Wildman–Crippen MR) is 192 cm³/mol. The lowest BCUT2D eigenvalue weighted by atomic mass is 9.56. The molecule has 0 saturated heterocycles. The van der Waals surface area contributed by atoms with Gasteiger partial charge in [0.05, 0.1) is 0 Å². The molecule has 5 aliphatic rings. The van der Waals surface area contributed by atoms with Crippen molar-refractivity contribution in [2.75, 3.05) is 0 Å². The molecule has 0 aliphatic heterocycles. The van der Waals surface area contributed by atoms with Crippen LogP contribution in [0.5, 0.6) is 0 Å². The summed E-state index contributed by atoms with van der Waals surface area (Å²) in [7, 11) is 0. The highest BCUT2D eigenvalue weighted by Gasteiger charge is 2.55. The van der Waals surface area contributed by atoms with Crippen molar-refractivity contribution in [3.8, 4) is 11.1 Å². The Bertz CT molecular complexity index is 2080. The molecule has 0 radical (unpaired) electrons. The Hall–Kier alpha value is -3.64. The van der Waals surface area contributed by atoms with Gasteiger partial charge in [-0.3, -0.25) is 0 Å². The SMILES string of the molecule is CC1=CC2(c3ccc4c(c3-c3cc(C)c5c(C)cc(C)cc5c32)C(C)(C)C2=C4Cc3ccccc32)C(C2CCCCC2)C(C)=C1. The smallest absolute Gasteiger partial charge is 0.0473 e. The van der Waals surface area contributed by atoms with Crippen molar-refractivity contribution in [1.82, 2.24) is 0 Å². The molecule has 45 heavy (non-hydrogen) atoms. The van der Waals surface area contributed by atoms with Crippen LogP contribution in [0.25, 0.3) is 33.0 Å². The molecule has 0 aromatic heterocycles. The molecule has 0 bridgehead atoms. The van der Waals surface area contributed by atoms with Gasteiger partial charge in [-0.25, -0.2) is 0 Å². The van der Waals surface area contributed by atoms with Crippen LogP contribution in [-0.2, 0) is 17.3 Å². The second-order valence-electron chi connectivity index (χ2n) is 15.9. The summed E-state index contributed by atoms with van der Waals surface area (Å²) >= 11 is 0. The van der Waals surface area contributed by atoms with E-state index in [0.29, 0.717) is 11.8 Å². The number of aryl methyl sites for hydroxylation is 3. The molecule has 1 fully saturated rings. The van der Waals surface area contributed by atoms with Gasteiger partial charge in [-0.05, 0) is 143 Å². The third-order valence-electron chi connectivity index (χ3n) is 12.7. The fourth-order valence-corrected chi connectivity index (χ4v) is 11.5. The van der Waals surface area contributed by atoms with E-state index in [0.717, 1.165) is 6.42 Å². The summed E-state index contributed by atoms with van der Waals surface area (Å²) in [6.45, 7) is 16.9. The maximum absolute atomic E-state index is 2.74. The van der Waals surface area contributed by atoms with E-state index in [2.05, 4.69) is 115 Å². The van der Waals surface area contributed by atoms with Crippen molar-refractivity contribution in [1.29, 1.82) is 0 Å². The average molecular weight is 587 g/mol. The summed E-state index contributed by atoms with van der Waals surface area (Å²) in [5.41, 5.74) is 22.5. The van der Waals surface area contributed by atoms with Crippen molar-refractivity contribution in [3.63, 3.8) is 0 Å². The summed E-state index contributed by atoms with van der Waals surface area (Å²) in [5.74, 6) is 1.19. The normalized spacial score (nSPS) is 24.4. The molecule has 4 aromatic rings. The number of hydrogen-bond donors (Lipinski definition) is 0. The monoisotopic (exact) mass is 586 g/mol. The van der Waals surface area contributed by atoms with Crippen molar-refractivity contribution in [2.45, 2.75) is 97.8 Å². The van der Waals surface area contributed by atoms with Gasteiger partial charge in [0, 0.05) is 10.8 Å². The number of fused-ring (bicyclic) bond motifs is 12. The molecule has 5 aliphatic carbocycles. The van der Waals surface area contributed by atoms with Crippen LogP contribution in [-0.4, -0.2) is 0 Å². The van der Waals surface area contributed by atoms with E-state index in [1.165, 1.54) is 87.4 Å². The molecular weight excluding hydrogens is 540 g/mol. The Morgan fingerprint density at radius 1 is 0.733 bits per heavy atom. The molecule has 0 nitrogen and oxygen atoms in total. The lowest BCUT2D eigenvalue weighted by Gasteiger charge is -2.47. The minimum absolute atomic E-state index is 0.0601. The van der Waals surface area contributed by atoms with Gasteiger partial charge in [-0.15, -0.1) is 0 Å². The van der Waals surface area contributed by atoms with E-state index >= 15 is 0 Å². The second-order valence-corrected chi connectivity index (χ2v) is 15.9. The Balaban J connectivity index is 1.42. The molecule has 4 aromatic carbocycles. The Morgan fingerprint density at radius 2 is 1.49 bits per heavy atom. The molecule has 2 unspecified atom stereocenters. The number of hydrogen-bond acceptors (Lipinski definition) is 0. The first-order valence-corrected chi connectivity index (χ1v) is 17.6. The zero-order valence-corrected chi connectivity index (χ0v) is 28.2. The van der Waals surface area contributed by atoms with E-state index < -0.39 is 0 Å². The highest BCUT2D eigenvalue weighted by Crippen LogP contribution is 2.67. The summed E-state index contributed by atoms with van der Waals surface area (Å²) in [4.78, 5) is 0. The molecular formula is C45H46. The fraction of sp³-hybridized carbons (Fsp3) is 0.378. The lowest BCUT2D eigenvalue weighted by molar-refractivity contribution is 0.227. The van der Waals surface area contributed by atoms with Crippen LogP contribution >= 0.6 is 0 Å². The Morgan fingerprint density at radius 3 is 2.29 bits per heavy atom. The Labute approximate surface area is 270 Å². The molecule has 2 atom stereocenters. The molecule has 0 heteroatoms. The average Bonchev–Trinajstić information content (AvgIpc) is 3.58. The van der Waals surface area contributed by atoms with Gasteiger partial charge in [0.15, 0.2) is 0 Å². The number of rotatable bonds is 1. The summed E-state index contributed by atoms with van der Waals surface area (Å²) in [6, 6.07) is 21.9. The lowest BCUT2D eigenvalue weighted by Crippen LogP contribution is -2.41. The summed E-state index contributed by atoms with van der Waals surface area (Å²) < 4.78 is 0. The molecule has 9 rings (SSSR count). The van der Waals surface area contributed by atoms with Crippen molar-refractivity contribution in [2.24, 2.45) is 11.8 Å². The van der Waals surface area contributed by atoms with Gasteiger partial charge in [0.25, 0.3) is 0 Å². The zero-order chi connectivity index (χ0) is 31.0. The van der Waals surface area contributed by atoms with E-state index in [1.54, 1.807) is 39.0 Å². The standard InChI is InChI=1S/C45H46/c1-25-19-27(3)38-28(4)22-36-39-37(18-17-33-34-23-31-15-11-12-16-32(31)41(34)44(6,7)43(33)39)45(42(36)35(38)21-25)24-26(2)20-29(5)40(45)30-13-9-8-10-14-30/h11-12,15-22,24,30,40H,8-10,13-14,23H2,1-7H3. The molecule has 0 amide bonds. The zero-order valence-electron chi connectivity index (χ0n) is 28.2. The Kier molecular flexibility index (Phi) is 5.66. The van der Waals surface area contributed by atoms with Crippen LogP contribution in [0.1, 0.15) is 110 Å². The summed E-state index contributed by atoms with van der Waals surface area (Å²) in [6.07, 6.45) is 13.1. The minimum atomic E-state index is -0.155. The first-order valence-electron chi connectivity index (χ1n) is 17.6. The van der Waals surface area contributed by atoms with Crippen LogP contribution in [0.15, 0.2) is 77.9 Å². The van der Waals surface area contributed by atoms with E-state index in [4.69, 9.17) is 0 Å². The van der Waals surface area contributed by atoms with Gasteiger partial charge >= 0.3 is 0 Å². The summed E-state index contributed by atoms with van der Waals surface area (Å²) in [5, 5.41) is 2.96. The fourth-order valence-electron chi connectivity index (χ4n) is 11.5. The second kappa shape index (κ2) is 9.22. The maximum atomic E-state index is 2.74. The number of allylic oxidation sites excluding steroid dienone is 6.